The SMILES string of the molecule is CC(=O)Oc1ccc2cc(C(=O)Oc3ccc(C(C)=O)cc3)ccc2c1. The summed E-state index contributed by atoms with van der Waals surface area (Å²) in [6.45, 7) is 2.81. The van der Waals surface area contributed by atoms with E-state index in [2.05, 4.69) is 0 Å². The number of hydrogen-bond donors (Lipinski definition) is 0. The molecule has 0 spiro atoms. The number of ether oxygens (including phenoxy) is 2. The molecule has 0 atom stereocenters. The first-order valence-electron chi connectivity index (χ1n) is 7.98. The lowest BCUT2D eigenvalue weighted by Gasteiger charge is -2.07. The molecule has 3 rings (SSSR count). The minimum atomic E-state index is -0.494. The van der Waals surface area contributed by atoms with Crippen molar-refractivity contribution in [3.8, 4) is 11.5 Å². The minimum absolute atomic E-state index is 0.0504. The number of Topliss-reactive ketones (excluding diaryl/α,β-unsaturated/α-hetero) is 1. The molecule has 5 heteroatoms. The molecule has 130 valence electrons. The fourth-order valence-electron chi connectivity index (χ4n) is 2.50. The average Bonchev–Trinajstić information content (AvgIpc) is 2.61. The molecule has 0 aromatic heterocycles. The zero-order valence-electron chi connectivity index (χ0n) is 14.3. The first-order valence-corrected chi connectivity index (χ1v) is 7.98. The summed E-state index contributed by atoms with van der Waals surface area (Å²) in [5.41, 5.74) is 0.951. The first kappa shape index (κ1) is 17.4. The number of rotatable bonds is 4. The molecule has 0 aliphatic rings. The third kappa shape index (κ3) is 3.95. The van der Waals surface area contributed by atoms with Crippen LogP contribution in [0, 0.1) is 0 Å². The Hall–Kier alpha value is -3.47. The Labute approximate surface area is 150 Å². The summed E-state index contributed by atoms with van der Waals surface area (Å²) < 4.78 is 10.4. The van der Waals surface area contributed by atoms with Crippen molar-refractivity contribution in [3.05, 3.63) is 71.8 Å². The summed E-state index contributed by atoms with van der Waals surface area (Å²) in [6, 6.07) is 16.7. The van der Waals surface area contributed by atoms with Crippen LogP contribution in [-0.4, -0.2) is 17.7 Å². The van der Waals surface area contributed by atoms with Crippen LogP contribution in [0.25, 0.3) is 10.8 Å². The summed E-state index contributed by atoms with van der Waals surface area (Å²) in [4.78, 5) is 34.6. The monoisotopic (exact) mass is 348 g/mol. The molecule has 3 aromatic rings. The van der Waals surface area contributed by atoms with Gasteiger partial charge in [0.2, 0.25) is 0 Å². The van der Waals surface area contributed by atoms with E-state index in [-0.39, 0.29) is 11.8 Å². The number of ketones is 1. The van der Waals surface area contributed by atoms with Gasteiger partial charge in [-0.05, 0) is 66.2 Å². The topological polar surface area (TPSA) is 69.7 Å². The molecule has 0 saturated carbocycles. The fraction of sp³-hybridized carbons (Fsp3) is 0.0952. The van der Waals surface area contributed by atoms with Crippen molar-refractivity contribution in [2.24, 2.45) is 0 Å². The van der Waals surface area contributed by atoms with Crippen LogP contribution in [0.4, 0.5) is 0 Å². The van der Waals surface area contributed by atoms with Gasteiger partial charge in [0.15, 0.2) is 5.78 Å². The predicted molar refractivity (Wildman–Crippen MR) is 96.7 cm³/mol. The number of carbonyl (C=O) groups excluding carboxylic acids is 3. The lowest BCUT2D eigenvalue weighted by atomic mass is 10.1. The molecule has 26 heavy (non-hydrogen) atoms. The van der Waals surface area contributed by atoms with Gasteiger partial charge in [-0.3, -0.25) is 9.59 Å². The Morgan fingerprint density at radius 1 is 0.654 bits per heavy atom. The van der Waals surface area contributed by atoms with Gasteiger partial charge in [0.25, 0.3) is 0 Å². The third-order valence-corrected chi connectivity index (χ3v) is 3.78. The lowest BCUT2D eigenvalue weighted by Crippen LogP contribution is -2.08. The highest BCUT2D eigenvalue weighted by Gasteiger charge is 2.10. The molecule has 0 aliphatic carbocycles. The van der Waals surface area contributed by atoms with Crippen LogP contribution in [0.2, 0.25) is 0 Å². The van der Waals surface area contributed by atoms with Gasteiger partial charge in [-0.15, -0.1) is 0 Å². The molecule has 0 bridgehead atoms. The smallest absolute Gasteiger partial charge is 0.343 e. The van der Waals surface area contributed by atoms with Gasteiger partial charge >= 0.3 is 11.9 Å². The summed E-state index contributed by atoms with van der Waals surface area (Å²) in [5, 5.41) is 1.66. The second-order valence-electron chi connectivity index (χ2n) is 5.79. The molecular weight excluding hydrogens is 332 g/mol. The lowest BCUT2D eigenvalue weighted by molar-refractivity contribution is -0.131. The second kappa shape index (κ2) is 7.19. The van der Waals surface area contributed by atoms with Gasteiger partial charge in [-0.2, -0.15) is 0 Å². The summed E-state index contributed by atoms with van der Waals surface area (Å²) in [7, 11) is 0. The molecule has 0 saturated heterocycles. The van der Waals surface area contributed by atoms with Gasteiger partial charge < -0.3 is 9.47 Å². The summed E-state index contributed by atoms with van der Waals surface area (Å²) in [5.74, 6) is -0.117. The standard InChI is InChI=1S/C21H16O5/c1-13(22)15-5-8-19(9-6-15)26-21(24)18-4-3-17-12-20(25-14(2)23)10-7-16(17)11-18/h3-12H,1-2H3. The number of esters is 2. The molecule has 0 unspecified atom stereocenters. The molecule has 0 fully saturated rings. The molecule has 0 aliphatic heterocycles. The highest BCUT2D eigenvalue weighted by atomic mass is 16.5. The van der Waals surface area contributed by atoms with E-state index in [1.807, 2.05) is 0 Å². The van der Waals surface area contributed by atoms with E-state index in [1.165, 1.54) is 13.8 Å². The number of carbonyl (C=O) groups is 3. The van der Waals surface area contributed by atoms with Crippen molar-refractivity contribution < 1.29 is 23.9 Å². The van der Waals surface area contributed by atoms with E-state index in [0.29, 0.717) is 22.6 Å². The fourth-order valence-corrected chi connectivity index (χ4v) is 2.50. The normalized spacial score (nSPS) is 10.4. The zero-order chi connectivity index (χ0) is 18.7. The Balaban J connectivity index is 1.79. The predicted octanol–water partition coefficient (Wildman–Crippen LogP) is 4.19. The molecule has 0 N–H and O–H groups in total. The van der Waals surface area contributed by atoms with E-state index < -0.39 is 5.97 Å². The van der Waals surface area contributed by atoms with E-state index >= 15 is 0 Å². The Kier molecular flexibility index (Phi) is 4.80. The van der Waals surface area contributed by atoms with E-state index in [0.717, 1.165) is 10.8 Å². The highest BCUT2D eigenvalue weighted by Crippen LogP contribution is 2.23. The molecule has 0 amide bonds. The van der Waals surface area contributed by atoms with E-state index in [1.54, 1.807) is 60.7 Å². The van der Waals surface area contributed by atoms with E-state index in [4.69, 9.17) is 9.47 Å². The van der Waals surface area contributed by atoms with Gasteiger partial charge in [0.05, 0.1) is 5.56 Å². The van der Waals surface area contributed by atoms with Crippen LogP contribution < -0.4 is 9.47 Å². The van der Waals surface area contributed by atoms with Crippen LogP contribution in [0.1, 0.15) is 34.6 Å². The maximum absolute atomic E-state index is 12.3. The van der Waals surface area contributed by atoms with Crippen LogP contribution >= 0.6 is 0 Å². The molecule has 3 aromatic carbocycles. The minimum Gasteiger partial charge on any atom is -0.427 e. The van der Waals surface area contributed by atoms with Crippen LogP contribution in [0.15, 0.2) is 60.7 Å². The van der Waals surface area contributed by atoms with Crippen molar-refractivity contribution in [3.63, 3.8) is 0 Å². The largest absolute Gasteiger partial charge is 0.427 e. The van der Waals surface area contributed by atoms with Crippen LogP contribution in [-0.2, 0) is 4.79 Å². The third-order valence-electron chi connectivity index (χ3n) is 3.78. The van der Waals surface area contributed by atoms with Gasteiger partial charge in [0, 0.05) is 12.5 Å². The second-order valence-corrected chi connectivity index (χ2v) is 5.79. The average molecular weight is 348 g/mol. The Morgan fingerprint density at radius 3 is 1.88 bits per heavy atom. The molecular formula is C21H16O5. The number of fused-ring (bicyclic) bond motifs is 1. The molecule has 5 nitrogen and oxygen atoms in total. The van der Waals surface area contributed by atoms with Crippen molar-refractivity contribution in [2.75, 3.05) is 0 Å². The Morgan fingerprint density at radius 2 is 1.23 bits per heavy atom. The number of benzene rings is 3. The maximum atomic E-state index is 12.3. The van der Waals surface area contributed by atoms with Crippen molar-refractivity contribution in [1.82, 2.24) is 0 Å². The number of hydrogen-bond acceptors (Lipinski definition) is 5. The summed E-state index contributed by atoms with van der Waals surface area (Å²) in [6.07, 6.45) is 0. The van der Waals surface area contributed by atoms with Crippen molar-refractivity contribution >= 4 is 28.5 Å². The summed E-state index contributed by atoms with van der Waals surface area (Å²) >= 11 is 0. The van der Waals surface area contributed by atoms with E-state index in [9.17, 15) is 14.4 Å². The van der Waals surface area contributed by atoms with Crippen LogP contribution in [0.5, 0.6) is 11.5 Å². The zero-order valence-corrected chi connectivity index (χ0v) is 14.3. The van der Waals surface area contributed by atoms with Gasteiger partial charge in [-0.1, -0.05) is 12.1 Å². The Bertz CT molecular complexity index is 1000. The molecule has 0 radical (unpaired) electrons. The van der Waals surface area contributed by atoms with Gasteiger partial charge in [0.1, 0.15) is 11.5 Å². The maximum Gasteiger partial charge on any atom is 0.343 e. The van der Waals surface area contributed by atoms with Crippen molar-refractivity contribution in [1.29, 1.82) is 0 Å². The first-order chi connectivity index (χ1) is 12.4. The highest BCUT2D eigenvalue weighted by molar-refractivity contribution is 5.97. The quantitative estimate of drug-likeness (QED) is 0.402. The van der Waals surface area contributed by atoms with Gasteiger partial charge in [-0.25, -0.2) is 4.79 Å². The van der Waals surface area contributed by atoms with Crippen molar-refractivity contribution in [2.45, 2.75) is 13.8 Å². The molecule has 0 heterocycles. The van der Waals surface area contributed by atoms with Crippen LogP contribution in [0.3, 0.4) is 0 Å².